The molecule has 0 saturated carbocycles. The average Bonchev–Trinajstić information content (AvgIpc) is 2.72. The van der Waals surface area contributed by atoms with E-state index >= 15 is 0 Å². The molecule has 0 saturated heterocycles. The molecule has 4 N–H and O–H groups in total. The molecule has 0 rings (SSSR count). The van der Waals surface area contributed by atoms with Gasteiger partial charge in [-0.2, -0.15) is 26.3 Å². The number of primary sulfonamides is 2. The maximum atomic E-state index is 10.8. The summed E-state index contributed by atoms with van der Waals surface area (Å²) in [7, 11) is -10.7. The maximum Gasteiger partial charge on any atom is 0.511 e. The van der Waals surface area contributed by atoms with Crippen LogP contribution < -0.4 is 10.3 Å². The SMILES string of the molecule is CCCCCCC[N+](CCCC)(CCCC)CCCC.NS(=O)(=O)C(F)(F)F.NS(=O)(=O)C(F)(F)F. The zero-order valence-corrected chi connectivity index (χ0v) is 23.6. The van der Waals surface area contributed by atoms with Crippen LogP contribution in [0.5, 0.6) is 0 Å². The summed E-state index contributed by atoms with van der Waals surface area (Å²) in [5.74, 6) is 0. The fraction of sp³-hybridized carbons (Fsp3) is 1.00. The largest absolute Gasteiger partial charge is 0.511 e. The van der Waals surface area contributed by atoms with E-state index in [0.717, 1.165) is 0 Å². The molecule has 0 spiro atoms. The number of halogens is 6. The molecule has 0 aromatic heterocycles. The minimum atomic E-state index is -5.34. The van der Waals surface area contributed by atoms with Crippen LogP contribution in [-0.4, -0.2) is 58.5 Å². The van der Waals surface area contributed by atoms with Gasteiger partial charge < -0.3 is 4.48 Å². The first-order valence-electron chi connectivity index (χ1n) is 12.3. The summed E-state index contributed by atoms with van der Waals surface area (Å²) < 4.78 is 104. The molecule has 0 aromatic rings. The third-order valence-corrected chi connectivity index (χ3v) is 6.63. The molecule has 0 aliphatic carbocycles. The van der Waals surface area contributed by atoms with Crippen LogP contribution in [0.4, 0.5) is 26.3 Å². The van der Waals surface area contributed by atoms with Gasteiger partial charge in [0.2, 0.25) is 0 Å². The smallest absolute Gasteiger partial charge is 0.324 e. The Morgan fingerprint density at radius 2 is 0.722 bits per heavy atom. The molecule has 222 valence electrons. The van der Waals surface area contributed by atoms with E-state index in [1.165, 1.54) is 101 Å². The number of rotatable bonds is 15. The van der Waals surface area contributed by atoms with Crippen LogP contribution in [0.15, 0.2) is 0 Å². The summed E-state index contributed by atoms with van der Waals surface area (Å²) in [6.07, 6.45) is 15.5. The Hall–Kier alpha value is -0.640. The number of alkyl halides is 6. The van der Waals surface area contributed by atoms with E-state index in [4.69, 9.17) is 0 Å². The number of quaternary nitrogens is 1. The first kappa shape index (κ1) is 39.9. The molecule has 0 radical (unpaired) electrons. The second-order valence-corrected chi connectivity index (χ2v) is 11.8. The van der Waals surface area contributed by atoms with Gasteiger partial charge in [-0.15, -0.1) is 0 Å². The lowest BCUT2D eigenvalue weighted by Crippen LogP contribution is -2.50. The number of unbranched alkanes of at least 4 members (excludes halogenated alkanes) is 7. The second-order valence-electron chi connectivity index (χ2n) is 8.69. The Balaban J connectivity index is -0.000000557. The maximum absolute atomic E-state index is 10.8. The standard InChI is InChI=1S/C19H42N.2CH2F3NO2S/c1-5-9-13-14-15-19-20(16-10-6-2,17-11-7-3)18-12-8-4;2*2-1(3,4)8(5,6)7/h5-19H2,1-4H3;2*(H2,5,6,7)/q+1;;. The average molecular weight is 583 g/mol. The number of hydrogen-bond acceptors (Lipinski definition) is 4. The molecule has 7 nitrogen and oxygen atoms in total. The number of nitrogens with two attached hydrogens (primary N) is 2. The summed E-state index contributed by atoms with van der Waals surface area (Å²) in [5.41, 5.74) is -10.6. The molecule has 0 amide bonds. The van der Waals surface area contributed by atoms with E-state index < -0.39 is 31.1 Å². The lowest BCUT2D eigenvalue weighted by atomic mass is 10.1. The predicted molar refractivity (Wildman–Crippen MR) is 132 cm³/mol. The van der Waals surface area contributed by atoms with E-state index in [1.54, 1.807) is 0 Å². The monoisotopic (exact) mass is 582 g/mol. The zero-order chi connectivity index (χ0) is 29.1. The topological polar surface area (TPSA) is 120 Å². The fourth-order valence-electron chi connectivity index (χ4n) is 3.20. The molecule has 0 heterocycles. The number of hydrogen-bond donors (Lipinski definition) is 2. The van der Waals surface area contributed by atoms with Gasteiger partial charge in [0, 0.05) is 0 Å². The van der Waals surface area contributed by atoms with Crippen molar-refractivity contribution < 1.29 is 47.7 Å². The molecule has 15 heteroatoms. The minimum absolute atomic E-state index is 1.36. The van der Waals surface area contributed by atoms with Gasteiger partial charge in [-0.05, 0) is 32.1 Å². The van der Waals surface area contributed by atoms with Gasteiger partial charge in [-0.25, -0.2) is 27.1 Å². The van der Waals surface area contributed by atoms with E-state index in [-0.39, 0.29) is 0 Å². The van der Waals surface area contributed by atoms with Crippen LogP contribution in [0.1, 0.15) is 98.3 Å². The second kappa shape index (κ2) is 19.4. The fourth-order valence-corrected chi connectivity index (χ4v) is 3.20. The summed E-state index contributed by atoms with van der Waals surface area (Å²) in [6, 6.07) is 0. The van der Waals surface area contributed by atoms with Gasteiger partial charge >= 0.3 is 31.1 Å². The predicted octanol–water partition coefficient (Wildman–Crippen LogP) is 5.76. The van der Waals surface area contributed by atoms with E-state index in [0.29, 0.717) is 0 Å². The van der Waals surface area contributed by atoms with Crippen LogP contribution in [0.25, 0.3) is 0 Å². The Morgan fingerprint density at radius 1 is 0.500 bits per heavy atom. The van der Waals surface area contributed by atoms with Crippen LogP contribution in [-0.2, 0) is 20.0 Å². The summed E-state index contributed by atoms with van der Waals surface area (Å²) in [5, 5.41) is 7.32. The van der Waals surface area contributed by atoms with Crippen LogP contribution in [0, 0.1) is 0 Å². The Labute approximate surface area is 213 Å². The Morgan fingerprint density at radius 3 is 0.944 bits per heavy atom. The van der Waals surface area contributed by atoms with Gasteiger partial charge in [0.25, 0.3) is 0 Å². The highest BCUT2D eigenvalue weighted by Gasteiger charge is 2.43. The Bertz CT molecular complexity index is 680. The van der Waals surface area contributed by atoms with Crippen LogP contribution in [0.2, 0.25) is 0 Å². The summed E-state index contributed by atoms with van der Waals surface area (Å²) in [4.78, 5) is 0. The van der Waals surface area contributed by atoms with Crippen molar-refractivity contribution in [2.45, 2.75) is 109 Å². The van der Waals surface area contributed by atoms with Gasteiger partial charge in [0.15, 0.2) is 0 Å². The highest BCUT2D eigenvalue weighted by molar-refractivity contribution is 7.90. The summed E-state index contributed by atoms with van der Waals surface area (Å²) in [6.45, 7) is 15.1. The third-order valence-electron chi connectivity index (χ3n) is 5.34. The number of sulfonamides is 2. The van der Waals surface area contributed by atoms with Crippen molar-refractivity contribution in [2.75, 3.05) is 26.2 Å². The molecule has 0 atom stereocenters. The quantitative estimate of drug-likeness (QED) is 0.145. The molecular weight excluding hydrogens is 536 g/mol. The van der Waals surface area contributed by atoms with E-state index in [1.807, 2.05) is 0 Å². The first-order chi connectivity index (χ1) is 16.2. The van der Waals surface area contributed by atoms with Crippen molar-refractivity contribution in [1.29, 1.82) is 0 Å². The van der Waals surface area contributed by atoms with Crippen molar-refractivity contribution in [1.82, 2.24) is 0 Å². The number of nitrogens with zero attached hydrogens (tertiary/aromatic N) is 1. The normalized spacial score (nSPS) is 12.9. The van der Waals surface area contributed by atoms with Crippen molar-refractivity contribution in [2.24, 2.45) is 10.3 Å². The van der Waals surface area contributed by atoms with E-state index in [9.17, 15) is 43.2 Å². The highest BCUT2D eigenvalue weighted by Crippen LogP contribution is 2.20. The van der Waals surface area contributed by atoms with Gasteiger partial charge in [-0.3, -0.25) is 0 Å². The van der Waals surface area contributed by atoms with Crippen LogP contribution >= 0.6 is 0 Å². The molecule has 0 aromatic carbocycles. The Kier molecular flexibility index (Phi) is 21.5. The van der Waals surface area contributed by atoms with Gasteiger partial charge in [0.1, 0.15) is 0 Å². The molecule has 0 bridgehead atoms. The first-order valence-corrected chi connectivity index (χ1v) is 15.4. The van der Waals surface area contributed by atoms with Gasteiger partial charge in [0.05, 0.1) is 26.2 Å². The lowest BCUT2D eigenvalue weighted by molar-refractivity contribution is -0.929. The van der Waals surface area contributed by atoms with Gasteiger partial charge in [-0.1, -0.05) is 66.2 Å². The molecule has 0 aliphatic rings. The molecule has 0 fully saturated rings. The third kappa shape index (κ3) is 21.4. The minimum Gasteiger partial charge on any atom is -0.324 e. The molecular formula is C21H46F6N3O4S2+. The van der Waals surface area contributed by atoms with Crippen LogP contribution in [0.3, 0.4) is 0 Å². The highest BCUT2D eigenvalue weighted by atomic mass is 32.2. The summed E-state index contributed by atoms with van der Waals surface area (Å²) >= 11 is 0. The molecule has 0 aliphatic heterocycles. The van der Waals surface area contributed by atoms with Crippen molar-refractivity contribution in [3.63, 3.8) is 0 Å². The molecule has 36 heavy (non-hydrogen) atoms. The zero-order valence-electron chi connectivity index (χ0n) is 21.9. The van der Waals surface area contributed by atoms with Crippen molar-refractivity contribution >= 4 is 20.0 Å². The lowest BCUT2D eigenvalue weighted by Gasteiger charge is -2.39. The van der Waals surface area contributed by atoms with Crippen molar-refractivity contribution in [3.8, 4) is 0 Å². The molecule has 0 unspecified atom stereocenters. The van der Waals surface area contributed by atoms with Crippen molar-refractivity contribution in [3.05, 3.63) is 0 Å². The van der Waals surface area contributed by atoms with E-state index in [2.05, 4.69) is 38.0 Å².